The Hall–Kier alpha value is -1.06. The first-order valence-corrected chi connectivity index (χ1v) is 7.98. The normalized spacial score (nSPS) is 21.3. The van der Waals surface area contributed by atoms with Crippen LogP contribution in [0, 0.1) is 12.8 Å². The van der Waals surface area contributed by atoms with Crippen LogP contribution < -0.4 is 11.1 Å². The number of hydrogen-bond donors (Lipinski definition) is 2. The summed E-state index contributed by atoms with van der Waals surface area (Å²) < 4.78 is 0. The maximum atomic E-state index is 12.1. The first kappa shape index (κ1) is 19.0. The van der Waals surface area contributed by atoms with Crippen LogP contribution in [0.2, 0.25) is 0 Å². The van der Waals surface area contributed by atoms with Crippen LogP contribution in [-0.4, -0.2) is 18.5 Å². The van der Waals surface area contributed by atoms with E-state index >= 15 is 0 Å². The fourth-order valence-electron chi connectivity index (χ4n) is 3.12. The second kappa shape index (κ2) is 7.98. The highest BCUT2D eigenvalue weighted by atomic mass is 35.5. The Kier molecular flexibility index (Phi) is 6.89. The fraction of sp³-hybridized carbons (Fsp3) is 0.611. The van der Waals surface area contributed by atoms with Gasteiger partial charge in [0.1, 0.15) is 0 Å². The summed E-state index contributed by atoms with van der Waals surface area (Å²) in [4.78, 5) is 12.1. The molecule has 2 rings (SSSR count). The summed E-state index contributed by atoms with van der Waals surface area (Å²) in [7, 11) is 0. The van der Waals surface area contributed by atoms with Crippen LogP contribution in [0.15, 0.2) is 24.3 Å². The van der Waals surface area contributed by atoms with Crippen molar-refractivity contribution in [2.24, 2.45) is 11.7 Å². The summed E-state index contributed by atoms with van der Waals surface area (Å²) in [5, 5.41) is 3.09. The average Bonchev–Trinajstić information content (AvgIpc) is 2.82. The summed E-state index contributed by atoms with van der Waals surface area (Å²) in [6.45, 7) is 7.10. The van der Waals surface area contributed by atoms with Gasteiger partial charge in [0, 0.05) is 24.4 Å². The highest BCUT2D eigenvalue weighted by Gasteiger charge is 2.27. The molecule has 0 aromatic heterocycles. The number of amides is 1. The van der Waals surface area contributed by atoms with E-state index in [1.54, 1.807) is 0 Å². The molecule has 0 spiro atoms. The van der Waals surface area contributed by atoms with Gasteiger partial charge in [0.15, 0.2) is 0 Å². The quantitative estimate of drug-likeness (QED) is 0.873. The lowest BCUT2D eigenvalue weighted by molar-refractivity contribution is -0.122. The van der Waals surface area contributed by atoms with Gasteiger partial charge in [-0.15, -0.1) is 12.4 Å². The predicted octanol–water partition coefficient (Wildman–Crippen LogP) is 3.33. The minimum Gasteiger partial charge on any atom is -0.355 e. The van der Waals surface area contributed by atoms with E-state index in [4.69, 9.17) is 5.73 Å². The summed E-state index contributed by atoms with van der Waals surface area (Å²) >= 11 is 0. The van der Waals surface area contributed by atoms with Gasteiger partial charge in [-0.05, 0) is 31.2 Å². The van der Waals surface area contributed by atoms with Crippen molar-refractivity contribution < 1.29 is 4.79 Å². The Morgan fingerprint density at radius 2 is 2.09 bits per heavy atom. The minimum atomic E-state index is -0.0561. The fourth-order valence-corrected chi connectivity index (χ4v) is 3.12. The molecule has 0 unspecified atom stereocenters. The topological polar surface area (TPSA) is 55.1 Å². The van der Waals surface area contributed by atoms with Crippen LogP contribution in [0.3, 0.4) is 0 Å². The number of benzene rings is 1. The highest BCUT2D eigenvalue weighted by Crippen LogP contribution is 2.27. The highest BCUT2D eigenvalue weighted by molar-refractivity contribution is 5.85. The zero-order valence-corrected chi connectivity index (χ0v) is 14.7. The summed E-state index contributed by atoms with van der Waals surface area (Å²) in [6.07, 6.45) is 3.89. The molecule has 3 N–H and O–H groups in total. The Balaban J connectivity index is 0.00000242. The van der Waals surface area contributed by atoms with Crippen LogP contribution in [0.5, 0.6) is 0 Å². The molecule has 124 valence electrons. The van der Waals surface area contributed by atoms with Gasteiger partial charge in [0.05, 0.1) is 0 Å². The van der Waals surface area contributed by atoms with Gasteiger partial charge in [-0.3, -0.25) is 4.79 Å². The van der Waals surface area contributed by atoms with E-state index in [0.717, 1.165) is 19.3 Å². The molecule has 0 aliphatic heterocycles. The monoisotopic (exact) mass is 324 g/mol. The molecule has 0 bridgehead atoms. The van der Waals surface area contributed by atoms with Crippen molar-refractivity contribution in [2.75, 3.05) is 6.54 Å². The minimum absolute atomic E-state index is 0. The van der Waals surface area contributed by atoms with Gasteiger partial charge in [-0.1, -0.05) is 50.1 Å². The van der Waals surface area contributed by atoms with Crippen molar-refractivity contribution in [3.05, 3.63) is 35.4 Å². The van der Waals surface area contributed by atoms with Gasteiger partial charge in [0.2, 0.25) is 5.91 Å². The van der Waals surface area contributed by atoms with E-state index < -0.39 is 0 Å². The van der Waals surface area contributed by atoms with Crippen LogP contribution in [0.1, 0.15) is 50.7 Å². The van der Waals surface area contributed by atoms with Gasteiger partial charge >= 0.3 is 0 Å². The van der Waals surface area contributed by atoms with E-state index in [0.29, 0.717) is 18.9 Å². The molecular formula is C18H29ClN2O. The van der Waals surface area contributed by atoms with Crippen molar-refractivity contribution >= 4 is 18.3 Å². The second-order valence-corrected chi connectivity index (χ2v) is 7.09. The summed E-state index contributed by atoms with van der Waals surface area (Å²) in [6, 6.07) is 8.71. The molecule has 1 aromatic rings. The molecule has 1 aromatic carbocycles. The molecule has 3 nitrogen and oxygen atoms in total. The van der Waals surface area contributed by atoms with Crippen LogP contribution >= 0.6 is 12.4 Å². The van der Waals surface area contributed by atoms with Crippen LogP contribution in [0.25, 0.3) is 0 Å². The number of halogens is 1. The van der Waals surface area contributed by atoms with Gasteiger partial charge < -0.3 is 11.1 Å². The Bertz CT molecular complexity index is 502. The van der Waals surface area contributed by atoms with Crippen molar-refractivity contribution in [2.45, 2.75) is 57.9 Å². The smallest absolute Gasteiger partial charge is 0.220 e. The molecule has 0 saturated heterocycles. The number of rotatable bonds is 5. The molecule has 1 aliphatic rings. The van der Waals surface area contributed by atoms with E-state index in [1.165, 1.54) is 11.1 Å². The average molecular weight is 325 g/mol. The van der Waals surface area contributed by atoms with E-state index in [1.807, 2.05) is 0 Å². The van der Waals surface area contributed by atoms with E-state index in [2.05, 4.69) is 50.4 Å². The molecular weight excluding hydrogens is 296 g/mol. The maximum Gasteiger partial charge on any atom is 0.220 e. The Morgan fingerprint density at radius 3 is 2.68 bits per heavy atom. The van der Waals surface area contributed by atoms with Crippen LogP contribution in [0.4, 0.5) is 0 Å². The number of nitrogens with two attached hydrogens (primary N) is 1. The summed E-state index contributed by atoms with van der Waals surface area (Å²) in [5.41, 5.74) is 8.50. The first-order valence-electron chi connectivity index (χ1n) is 7.98. The van der Waals surface area contributed by atoms with Gasteiger partial charge in [0.25, 0.3) is 0 Å². The largest absolute Gasteiger partial charge is 0.355 e. The lowest BCUT2D eigenvalue weighted by Gasteiger charge is -2.26. The maximum absolute atomic E-state index is 12.1. The van der Waals surface area contributed by atoms with Crippen LogP contribution in [-0.2, 0) is 10.2 Å². The van der Waals surface area contributed by atoms with Crippen molar-refractivity contribution in [3.8, 4) is 0 Å². The Labute approximate surface area is 140 Å². The Morgan fingerprint density at radius 1 is 1.36 bits per heavy atom. The number of hydrogen-bond acceptors (Lipinski definition) is 2. The standard InChI is InChI=1S/C18H28N2O.ClH/c1-13-6-4-8-15(10-13)18(2,3)12-20-17(21)11-14-7-5-9-16(14)19;/h4,6,8,10,14,16H,5,7,9,11-12,19H2,1-3H3,(H,20,21);1H/t14-,16+;/m0./s1. The number of nitrogens with one attached hydrogen (secondary N) is 1. The predicted molar refractivity (Wildman–Crippen MR) is 94.4 cm³/mol. The molecule has 1 saturated carbocycles. The molecule has 0 heterocycles. The van der Waals surface area contributed by atoms with E-state index in [-0.39, 0.29) is 29.8 Å². The second-order valence-electron chi connectivity index (χ2n) is 7.09. The molecule has 1 aliphatic carbocycles. The lowest BCUT2D eigenvalue weighted by Crippen LogP contribution is -2.38. The lowest BCUT2D eigenvalue weighted by atomic mass is 9.84. The zero-order chi connectivity index (χ0) is 15.5. The van der Waals surface area contributed by atoms with Gasteiger partial charge in [-0.2, -0.15) is 0 Å². The molecule has 1 fully saturated rings. The molecule has 4 heteroatoms. The third kappa shape index (κ3) is 4.99. The van der Waals surface area contributed by atoms with E-state index in [9.17, 15) is 4.79 Å². The van der Waals surface area contributed by atoms with Crippen molar-refractivity contribution in [1.29, 1.82) is 0 Å². The number of carbonyl (C=O) groups excluding carboxylic acids is 1. The molecule has 1 amide bonds. The molecule has 22 heavy (non-hydrogen) atoms. The number of aryl methyl sites for hydroxylation is 1. The first-order chi connectivity index (χ1) is 9.88. The third-order valence-electron chi connectivity index (χ3n) is 4.69. The third-order valence-corrected chi connectivity index (χ3v) is 4.69. The summed E-state index contributed by atoms with van der Waals surface area (Å²) in [5.74, 6) is 0.505. The molecule has 2 atom stereocenters. The zero-order valence-electron chi connectivity index (χ0n) is 13.9. The van der Waals surface area contributed by atoms with Crippen molar-refractivity contribution in [3.63, 3.8) is 0 Å². The van der Waals surface area contributed by atoms with Crippen molar-refractivity contribution in [1.82, 2.24) is 5.32 Å². The SMILES string of the molecule is Cc1cccc(C(C)(C)CNC(=O)C[C@@H]2CCC[C@H]2N)c1.Cl. The molecule has 0 radical (unpaired) electrons. The number of carbonyl (C=O) groups is 1. The van der Waals surface area contributed by atoms with Gasteiger partial charge in [-0.25, -0.2) is 0 Å².